The van der Waals surface area contributed by atoms with E-state index in [0.717, 1.165) is 11.0 Å². The average Bonchev–Trinajstić information content (AvgIpc) is 2.68. The van der Waals surface area contributed by atoms with Crippen molar-refractivity contribution in [3.05, 3.63) is 42.2 Å². The monoisotopic (exact) mass is 312 g/mol. The Balaban J connectivity index is 1.81. The van der Waals surface area contributed by atoms with Crippen LogP contribution in [-0.4, -0.2) is 28.3 Å². The number of hydrogen-bond acceptors (Lipinski definition) is 5. The zero-order valence-corrected chi connectivity index (χ0v) is 14.2. The van der Waals surface area contributed by atoms with Crippen molar-refractivity contribution < 1.29 is 14.0 Å². The van der Waals surface area contributed by atoms with Gasteiger partial charge in [-0.05, 0) is 63.8 Å². The van der Waals surface area contributed by atoms with Crippen molar-refractivity contribution >= 4 is 12.6 Å². The molecule has 2 aromatic rings. The van der Waals surface area contributed by atoms with E-state index in [-0.39, 0.29) is 18.3 Å². The molecule has 1 fully saturated rings. The summed E-state index contributed by atoms with van der Waals surface area (Å²) in [4.78, 5) is 8.12. The Morgan fingerprint density at radius 2 is 1.61 bits per heavy atom. The van der Waals surface area contributed by atoms with E-state index in [1.54, 1.807) is 18.5 Å². The normalized spacial score (nSPS) is 18.9. The Hall–Kier alpha value is -1.92. The number of aryl methyl sites for hydroxylation is 1. The molecule has 6 heteroatoms. The molecule has 0 aliphatic carbocycles. The second-order valence-electron chi connectivity index (χ2n) is 6.74. The highest BCUT2D eigenvalue weighted by molar-refractivity contribution is 6.62. The summed E-state index contributed by atoms with van der Waals surface area (Å²) in [6.07, 6.45) is 3.29. The number of ether oxygens (including phenoxy) is 1. The fraction of sp³-hybridized carbons (Fsp3) is 0.412. The molecule has 120 valence electrons. The van der Waals surface area contributed by atoms with Crippen molar-refractivity contribution in [3.8, 4) is 11.8 Å². The van der Waals surface area contributed by atoms with Gasteiger partial charge in [-0.1, -0.05) is 6.07 Å². The van der Waals surface area contributed by atoms with Crippen LogP contribution in [-0.2, 0) is 9.31 Å². The lowest BCUT2D eigenvalue weighted by atomic mass is 9.76. The van der Waals surface area contributed by atoms with Crippen LogP contribution in [0.25, 0.3) is 0 Å². The van der Waals surface area contributed by atoms with Crippen molar-refractivity contribution in [1.82, 2.24) is 9.97 Å². The molecule has 0 spiro atoms. The molecule has 3 rings (SSSR count). The van der Waals surface area contributed by atoms with Crippen molar-refractivity contribution in [2.24, 2.45) is 0 Å². The molecule has 1 saturated heterocycles. The summed E-state index contributed by atoms with van der Waals surface area (Å²) in [5.41, 5.74) is 1.34. The van der Waals surface area contributed by atoms with Gasteiger partial charge in [0.05, 0.1) is 11.2 Å². The van der Waals surface area contributed by atoms with Gasteiger partial charge in [0.15, 0.2) is 0 Å². The van der Waals surface area contributed by atoms with Crippen LogP contribution < -0.4 is 10.2 Å². The van der Waals surface area contributed by atoms with Crippen LogP contribution in [0.5, 0.6) is 11.8 Å². The third kappa shape index (κ3) is 3.09. The summed E-state index contributed by atoms with van der Waals surface area (Å²) < 4.78 is 17.9. The first-order chi connectivity index (χ1) is 10.8. The minimum atomic E-state index is -0.373. The Morgan fingerprint density at radius 1 is 1.00 bits per heavy atom. The highest BCUT2D eigenvalue weighted by atomic mass is 16.7. The van der Waals surface area contributed by atoms with Gasteiger partial charge in [-0.3, -0.25) is 0 Å². The largest absolute Gasteiger partial charge is 0.495 e. The number of hydrogen-bond donors (Lipinski definition) is 0. The zero-order valence-electron chi connectivity index (χ0n) is 14.2. The van der Waals surface area contributed by atoms with E-state index in [4.69, 9.17) is 14.0 Å². The molecular formula is C17H21BN2O3. The van der Waals surface area contributed by atoms with Gasteiger partial charge >= 0.3 is 13.1 Å². The van der Waals surface area contributed by atoms with Crippen LogP contribution in [0.15, 0.2) is 36.7 Å². The Bertz CT molecular complexity index is 688. The second kappa shape index (κ2) is 5.62. The molecule has 2 heterocycles. The lowest BCUT2D eigenvalue weighted by Crippen LogP contribution is -2.41. The maximum Gasteiger partial charge on any atom is 0.495 e. The van der Waals surface area contributed by atoms with Crippen LogP contribution in [0.3, 0.4) is 0 Å². The van der Waals surface area contributed by atoms with E-state index in [0.29, 0.717) is 11.8 Å². The van der Waals surface area contributed by atoms with Crippen LogP contribution in [0.4, 0.5) is 0 Å². The summed E-state index contributed by atoms with van der Waals surface area (Å²) in [6, 6.07) is 7.87. The molecule has 1 aliphatic rings. The predicted octanol–water partition coefficient (Wildman–Crippen LogP) is 2.88. The summed E-state index contributed by atoms with van der Waals surface area (Å²) in [5.74, 6) is 0.689. The number of rotatable bonds is 3. The fourth-order valence-electron chi connectivity index (χ4n) is 2.39. The van der Waals surface area contributed by atoms with Gasteiger partial charge in [-0.15, -0.1) is 0 Å². The smallest absolute Gasteiger partial charge is 0.424 e. The molecule has 0 saturated carbocycles. The molecule has 0 radical (unpaired) electrons. The van der Waals surface area contributed by atoms with E-state index in [1.165, 1.54) is 0 Å². The quantitative estimate of drug-likeness (QED) is 0.816. The first-order valence-electron chi connectivity index (χ1n) is 7.69. The topological polar surface area (TPSA) is 53.5 Å². The third-order valence-corrected chi connectivity index (χ3v) is 4.50. The van der Waals surface area contributed by atoms with Crippen LogP contribution in [0.1, 0.15) is 33.3 Å². The summed E-state index contributed by atoms with van der Waals surface area (Å²) >= 11 is 0. The molecule has 5 nitrogen and oxygen atoms in total. The Morgan fingerprint density at radius 3 is 2.17 bits per heavy atom. The van der Waals surface area contributed by atoms with Gasteiger partial charge in [0.1, 0.15) is 5.75 Å². The molecule has 0 amide bonds. The SMILES string of the molecule is Cc1cc(Oc2ncccn2)ccc1B1OC(C)(C)C(C)(C)O1. The molecule has 23 heavy (non-hydrogen) atoms. The maximum absolute atomic E-state index is 6.10. The van der Waals surface area contributed by atoms with E-state index in [2.05, 4.69) is 9.97 Å². The lowest BCUT2D eigenvalue weighted by molar-refractivity contribution is 0.00578. The standard InChI is InChI=1S/C17H21BN2O3/c1-12-11-13(21-15-19-9-6-10-20-15)7-8-14(12)18-22-16(2,3)17(4,5)23-18/h6-11H,1-5H3. The molecule has 0 bridgehead atoms. The molecule has 1 aromatic carbocycles. The van der Waals surface area contributed by atoms with E-state index in [9.17, 15) is 0 Å². The number of benzene rings is 1. The van der Waals surface area contributed by atoms with Gasteiger partial charge in [-0.25, -0.2) is 9.97 Å². The van der Waals surface area contributed by atoms with Crippen LogP contribution >= 0.6 is 0 Å². The van der Waals surface area contributed by atoms with Crippen LogP contribution in [0, 0.1) is 6.92 Å². The minimum absolute atomic E-state index is 0.329. The first-order valence-corrected chi connectivity index (χ1v) is 7.69. The highest BCUT2D eigenvalue weighted by Crippen LogP contribution is 2.36. The van der Waals surface area contributed by atoms with Gasteiger partial charge < -0.3 is 14.0 Å². The van der Waals surface area contributed by atoms with Crippen molar-refractivity contribution in [1.29, 1.82) is 0 Å². The van der Waals surface area contributed by atoms with E-state index < -0.39 is 0 Å². The molecule has 1 aromatic heterocycles. The number of nitrogens with zero attached hydrogens (tertiary/aromatic N) is 2. The van der Waals surface area contributed by atoms with Gasteiger partial charge in [-0.2, -0.15) is 0 Å². The molecule has 0 unspecified atom stereocenters. The predicted molar refractivity (Wildman–Crippen MR) is 89.0 cm³/mol. The minimum Gasteiger partial charge on any atom is -0.424 e. The van der Waals surface area contributed by atoms with Gasteiger partial charge in [0.25, 0.3) is 0 Å². The first kappa shape index (κ1) is 16.0. The molecule has 0 atom stereocenters. The van der Waals surface area contributed by atoms with Crippen molar-refractivity contribution in [2.75, 3.05) is 0 Å². The summed E-state index contributed by atoms with van der Waals surface area (Å²) in [7, 11) is -0.373. The van der Waals surface area contributed by atoms with Crippen molar-refractivity contribution in [2.45, 2.75) is 45.8 Å². The van der Waals surface area contributed by atoms with E-state index in [1.807, 2.05) is 52.8 Å². The molecule has 0 N–H and O–H groups in total. The number of aromatic nitrogens is 2. The maximum atomic E-state index is 6.10. The lowest BCUT2D eigenvalue weighted by Gasteiger charge is -2.32. The van der Waals surface area contributed by atoms with Crippen molar-refractivity contribution in [3.63, 3.8) is 0 Å². The third-order valence-electron chi connectivity index (χ3n) is 4.50. The fourth-order valence-corrected chi connectivity index (χ4v) is 2.39. The summed E-state index contributed by atoms with van der Waals surface area (Å²) in [6.45, 7) is 10.2. The average molecular weight is 312 g/mol. The second-order valence-corrected chi connectivity index (χ2v) is 6.74. The Kier molecular flexibility index (Phi) is 3.90. The highest BCUT2D eigenvalue weighted by Gasteiger charge is 2.52. The van der Waals surface area contributed by atoms with Gasteiger partial charge in [0.2, 0.25) is 0 Å². The van der Waals surface area contributed by atoms with Crippen LogP contribution in [0.2, 0.25) is 0 Å². The summed E-state index contributed by atoms with van der Waals surface area (Å²) in [5, 5.41) is 0. The zero-order chi connectivity index (χ0) is 16.7. The molecule has 1 aliphatic heterocycles. The molecular weight excluding hydrogens is 291 g/mol. The van der Waals surface area contributed by atoms with Gasteiger partial charge in [0, 0.05) is 12.4 Å². The van der Waals surface area contributed by atoms with E-state index >= 15 is 0 Å². The Labute approximate surface area is 137 Å².